The molecule has 4 aliphatic carbocycles. The first-order valence-corrected chi connectivity index (χ1v) is 15.0. The molecule has 10 nitrogen and oxygen atoms in total. The van der Waals surface area contributed by atoms with Crippen LogP contribution in [0, 0.1) is 28.1 Å². The third kappa shape index (κ3) is 3.60. The third-order valence-electron chi connectivity index (χ3n) is 13.0. The van der Waals surface area contributed by atoms with Crippen molar-refractivity contribution in [2.45, 2.75) is 133 Å². The number of aliphatic hydroxyl groups excluding tert-OH is 4. The van der Waals surface area contributed by atoms with Gasteiger partial charge in [-0.15, -0.1) is 0 Å². The number of ether oxygens (including phenoxy) is 3. The summed E-state index contributed by atoms with van der Waals surface area (Å²) in [6, 6.07) is 0. The van der Waals surface area contributed by atoms with E-state index in [-0.39, 0.29) is 24.4 Å². The van der Waals surface area contributed by atoms with E-state index >= 15 is 0 Å². The van der Waals surface area contributed by atoms with E-state index in [2.05, 4.69) is 13.8 Å². The number of esters is 1. The summed E-state index contributed by atoms with van der Waals surface area (Å²) in [4.78, 5) is 11.9. The molecule has 6 aliphatic rings. The van der Waals surface area contributed by atoms with Gasteiger partial charge in [0.05, 0.1) is 29.5 Å². The van der Waals surface area contributed by atoms with Crippen molar-refractivity contribution >= 4 is 5.97 Å². The van der Waals surface area contributed by atoms with Crippen molar-refractivity contribution in [3.63, 3.8) is 0 Å². The minimum atomic E-state index is -1.41. The molecule has 226 valence electrons. The van der Waals surface area contributed by atoms with Crippen molar-refractivity contribution in [3.05, 3.63) is 11.6 Å². The van der Waals surface area contributed by atoms with Gasteiger partial charge in [-0.05, 0) is 69.3 Å². The fourth-order valence-corrected chi connectivity index (χ4v) is 10.3. The standard InChI is InChI=1S/C30H46O10/c1-15-22(33)23(34)24(35)25(39-15)40-17-5-7-26(2)19-12-20(31)28(4)18(16-11-21(32)38-14-16)6-8-30(28,37)27(19,3)9-10-29(26,36)13-17/h11,15,17-20,22-25,31,33-37H,5-10,12-14H2,1-4H3/t15-,17+,18+,19-,20-,22+,23-,24-,25+,26-,27-,28+,29+,30+/m1/s1. The van der Waals surface area contributed by atoms with E-state index < -0.39 is 70.4 Å². The van der Waals surface area contributed by atoms with Gasteiger partial charge in [-0.1, -0.05) is 20.8 Å². The number of carbonyl (C=O) groups excluding carboxylic acids is 1. The topological polar surface area (TPSA) is 166 Å². The van der Waals surface area contributed by atoms with Gasteiger partial charge >= 0.3 is 5.97 Å². The number of aliphatic hydroxyl groups is 6. The lowest BCUT2D eigenvalue weighted by Gasteiger charge is -2.71. The Morgan fingerprint density at radius 3 is 2.33 bits per heavy atom. The van der Waals surface area contributed by atoms with Gasteiger partial charge in [0.1, 0.15) is 24.9 Å². The molecule has 0 aromatic carbocycles. The molecule has 0 radical (unpaired) electrons. The number of hydrogen-bond acceptors (Lipinski definition) is 10. The van der Waals surface area contributed by atoms with Crippen LogP contribution in [0.15, 0.2) is 11.6 Å². The Bertz CT molecular complexity index is 1080. The zero-order valence-corrected chi connectivity index (χ0v) is 24.0. The fourth-order valence-electron chi connectivity index (χ4n) is 10.3. The van der Waals surface area contributed by atoms with Gasteiger partial charge in [-0.3, -0.25) is 0 Å². The first-order valence-electron chi connectivity index (χ1n) is 15.0. The Morgan fingerprint density at radius 1 is 0.925 bits per heavy atom. The molecule has 2 heterocycles. The number of cyclic esters (lactones) is 1. The van der Waals surface area contributed by atoms with Crippen LogP contribution in [0.5, 0.6) is 0 Å². The van der Waals surface area contributed by atoms with Crippen molar-refractivity contribution < 1.29 is 49.6 Å². The summed E-state index contributed by atoms with van der Waals surface area (Å²) < 4.78 is 17.0. The Labute approximate surface area is 235 Å². The van der Waals surface area contributed by atoms with Crippen molar-refractivity contribution in [1.29, 1.82) is 0 Å². The zero-order valence-electron chi connectivity index (χ0n) is 24.0. The highest BCUT2D eigenvalue weighted by atomic mass is 16.7. The Hall–Kier alpha value is -1.11. The number of carbonyl (C=O) groups is 1. The second-order valence-corrected chi connectivity index (χ2v) is 14.4. The van der Waals surface area contributed by atoms with Crippen LogP contribution < -0.4 is 0 Å². The Morgan fingerprint density at radius 2 is 1.65 bits per heavy atom. The lowest BCUT2D eigenvalue weighted by Crippen LogP contribution is -2.74. The molecule has 5 fully saturated rings. The lowest BCUT2D eigenvalue weighted by atomic mass is 9.36. The summed E-state index contributed by atoms with van der Waals surface area (Å²) in [6.07, 6.45) is -1.48. The molecule has 6 rings (SSSR count). The minimum Gasteiger partial charge on any atom is -0.458 e. The van der Waals surface area contributed by atoms with Gasteiger partial charge in [-0.25, -0.2) is 4.79 Å². The maximum absolute atomic E-state index is 12.6. The highest BCUT2D eigenvalue weighted by molar-refractivity contribution is 5.85. The summed E-state index contributed by atoms with van der Waals surface area (Å²) in [6.45, 7) is 7.99. The van der Waals surface area contributed by atoms with Crippen LogP contribution in [0.25, 0.3) is 0 Å². The zero-order chi connectivity index (χ0) is 29.0. The maximum Gasteiger partial charge on any atom is 0.331 e. The smallest absolute Gasteiger partial charge is 0.331 e. The van der Waals surface area contributed by atoms with E-state index in [9.17, 15) is 35.4 Å². The van der Waals surface area contributed by atoms with E-state index in [0.717, 1.165) is 5.57 Å². The molecule has 0 aromatic rings. The number of hydrogen-bond donors (Lipinski definition) is 6. The highest BCUT2D eigenvalue weighted by Crippen LogP contribution is 2.75. The molecule has 0 bridgehead atoms. The average molecular weight is 567 g/mol. The molecule has 0 aromatic heterocycles. The second-order valence-electron chi connectivity index (χ2n) is 14.4. The summed E-state index contributed by atoms with van der Waals surface area (Å²) >= 11 is 0. The number of fused-ring (bicyclic) bond motifs is 5. The minimum absolute atomic E-state index is 0.157. The predicted molar refractivity (Wildman–Crippen MR) is 140 cm³/mol. The van der Waals surface area contributed by atoms with Gasteiger partial charge in [0, 0.05) is 28.7 Å². The van der Waals surface area contributed by atoms with Crippen LogP contribution in [0.1, 0.15) is 79.1 Å². The molecule has 0 spiro atoms. The van der Waals surface area contributed by atoms with Crippen molar-refractivity contribution in [2.75, 3.05) is 6.61 Å². The maximum atomic E-state index is 12.6. The largest absolute Gasteiger partial charge is 0.458 e. The molecular weight excluding hydrogens is 520 g/mol. The van der Waals surface area contributed by atoms with Gasteiger partial charge < -0.3 is 44.8 Å². The van der Waals surface area contributed by atoms with E-state index in [4.69, 9.17) is 14.2 Å². The molecule has 1 saturated heterocycles. The van der Waals surface area contributed by atoms with Crippen molar-refractivity contribution in [2.24, 2.45) is 28.1 Å². The molecule has 2 aliphatic heterocycles. The first-order chi connectivity index (χ1) is 18.6. The lowest BCUT2D eigenvalue weighted by molar-refractivity contribution is -0.332. The van der Waals surface area contributed by atoms with E-state index in [1.807, 2.05) is 6.92 Å². The average Bonchev–Trinajstić information content (AvgIpc) is 3.45. The van der Waals surface area contributed by atoms with Gasteiger partial charge in [0.25, 0.3) is 0 Å². The molecule has 6 N–H and O–H groups in total. The van der Waals surface area contributed by atoms with E-state index in [1.54, 1.807) is 6.92 Å². The molecule has 14 atom stereocenters. The molecule has 10 heteroatoms. The summed E-state index contributed by atoms with van der Waals surface area (Å²) in [5, 5.41) is 67.4. The van der Waals surface area contributed by atoms with Gasteiger partial charge in [0.2, 0.25) is 0 Å². The first kappa shape index (κ1) is 29.0. The molecular formula is C30H46O10. The van der Waals surface area contributed by atoms with Crippen LogP contribution in [-0.2, 0) is 19.0 Å². The molecule has 0 unspecified atom stereocenters. The third-order valence-corrected chi connectivity index (χ3v) is 13.0. The predicted octanol–water partition coefficient (Wildman–Crippen LogP) is 0.932. The quantitative estimate of drug-likeness (QED) is 0.214. The highest BCUT2D eigenvalue weighted by Gasteiger charge is 2.77. The monoisotopic (exact) mass is 566 g/mol. The molecule has 40 heavy (non-hydrogen) atoms. The van der Waals surface area contributed by atoms with Crippen LogP contribution in [0.3, 0.4) is 0 Å². The van der Waals surface area contributed by atoms with Crippen molar-refractivity contribution in [1.82, 2.24) is 0 Å². The van der Waals surface area contributed by atoms with E-state index in [0.29, 0.717) is 51.4 Å². The van der Waals surface area contributed by atoms with Crippen LogP contribution in [-0.4, -0.2) is 97.3 Å². The second kappa shape index (κ2) is 9.19. The van der Waals surface area contributed by atoms with Crippen LogP contribution >= 0.6 is 0 Å². The molecule has 0 amide bonds. The van der Waals surface area contributed by atoms with Gasteiger partial charge in [-0.2, -0.15) is 0 Å². The SMILES string of the molecule is C[C@H]1O[C@@H](O[C@H]2CC[C@]3(C)[C@H]4C[C@@H](O)[C@]5(C)[C@H](C6=CC(=O)OC6)CC[C@]5(O)[C@]4(C)CC[C@]3(O)C2)[C@H](O)[C@H](O)[C@H]1O. The normalized spacial score (nSPS) is 58.0. The Kier molecular flexibility index (Phi) is 6.66. The van der Waals surface area contributed by atoms with Crippen LogP contribution in [0.4, 0.5) is 0 Å². The summed E-state index contributed by atoms with van der Waals surface area (Å²) in [5.41, 5.74) is -3.48. The molecule has 4 saturated carbocycles. The van der Waals surface area contributed by atoms with Crippen molar-refractivity contribution in [3.8, 4) is 0 Å². The van der Waals surface area contributed by atoms with Gasteiger partial charge in [0.15, 0.2) is 6.29 Å². The number of rotatable bonds is 3. The fraction of sp³-hybridized carbons (Fsp3) is 0.900. The van der Waals surface area contributed by atoms with E-state index in [1.165, 1.54) is 6.08 Å². The van der Waals surface area contributed by atoms with Crippen LogP contribution in [0.2, 0.25) is 0 Å². The Balaban J connectivity index is 1.25. The summed E-state index contributed by atoms with van der Waals surface area (Å²) in [5.74, 6) is -0.688. The summed E-state index contributed by atoms with van der Waals surface area (Å²) in [7, 11) is 0.